The zero-order valence-corrected chi connectivity index (χ0v) is 34.2. The van der Waals surface area contributed by atoms with Gasteiger partial charge in [0.25, 0.3) is 0 Å². The quantitative estimate of drug-likeness (QED) is 0.158. The molecule has 0 saturated heterocycles. The fourth-order valence-electron chi connectivity index (χ4n) is 10.9. The van der Waals surface area contributed by atoms with Crippen LogP contribution in [0, 0.1) is 0 Å². The number of para-hydroxylation sites is 4. The van der Waals surface area contributed by atoms with Gasteiger partial charge in [0.15, 0.2) is 0 Å². The summed E-state index contributed by atoms with van der Waals surface area (Å²) < 4.78 is 7.31. The van der Waals surface area contributed by atoms with Crippen LogP contribution in [0.2, 0.25) is 0 Å². The van der Waals surface area contributed by atoms with Crippen LogP contribution in [0.3, 0.4) is 0 Å². The highest BCUT2D eigenvalue weighted by atomic mass is 15.0. The molecule has 0 aliphatic carbocycles. The summed E-state index contributed by atoms with van der Waals surface area (Å²) in [5, 5.41) is 15.3. The Morgan fingerprint density at radius 1 is 0.222 bits per heavy atom. The minimum Gasteiger partial charge on any atom is -0.309 e. The zero-order valence-electron chi connectivity index (χ0n) is 34.2. The number of hydrogen-bond acceptors (Lipinski definition) is 0. The lowest BCUT2D eigenvalue weighted by Crippen LogP contribution is -1.98. The first-order valence-corrected chi connectivity index (χ1v) is 21.8. The van der Waals surface area contributed by atoms with E-state index in [2.05, 4.69) is 238 Å². The van der Waals surface area contributed by atoms with E-state index in [1.54, 1.807) is 0 Å². The molecule has 3 aromatic heterocycles. The molecule has 14 rings (SSSR count). The Kier molecular flexibility index (Phi) is 7.11. The van der Waals surface area contributed by atoms with Gasteiger partial charge in [0, 0.05) is 54.8 Å². The number of nitrogens with zero attached hydrogens (tertiary/aromatic N) is 3. The lowest BCUT2D eigenvalue weighted by molar-refractivity contribution is 1.15. The van der Waals surface area contributed by atoms with E-state index in [-0.39, 0.29) is 0 Å². The highest BCUT2D eigenvalue weighted by Crippen LogP contribution is 2.45. The number of aromatic nitrogens is 3. The summed E-state index contributed by atoms with van der Waals surface area (Å²) in [6, 6.07) is 82.7. The van der Waals surface area contributed by atoms with Crippen molar-refractivity contribution in [2.75, 3.05) is 0 Å². The van der Waals surface area contributed by atoms with E-state index < -0.39 is 0 Å². The smallest absolute Gasteiger partial charge is 0.0625 e. The second-order valence-corrected chi connectivity index (χ2v) is 16.9. The summed E-state index contributed by atoms with van der Waals surface area (Å²) in [4.78, 5) is 0. The van der Waals surface area contributed by atoms with Gasteiger partial charge in [-0.15, -0.1) is 0 Å². The van der Waals surface area contributed by atoms with Crippen LogP contribution in [0.4, 0.5) is 0 Å². The predicted molar refractivity (Wildman–Crippen MR) is 267 cm³/mol. The normalized spacial score (nSPS) is 12.1. The minimum atomic E-state index is 1.13. The second kappa shape index (κ2) is 13.1. The van der Waals surface area contributed by atoms with Crippen LogP contribution in [-0.2, 0) is 0 Å². The Hall–Kier alpha value is -8.40. The summed E-state index contributed by atoms with van der Waals surface area (Å²) in [6.07, 6.45) is 0. The predicted octanol–water partition coefficient (Wildman–Crippen LogP) is 16.1. The summed E-state index contributed by atoms with van der Waals surface area (Å²) >= 11 is 0. The van der Waals surface area contributed by atoms with E-state index >= 15 is 0 Å². The van der Waals surface area contributed by atoms with E-state index in [0.717, 1.165) is 11.4 Å². The molecule has 0 aliphatic heterocycles. The molecule has 3 nitrogen and oxygen atoms in total. The highest BCUT2D eigenvalue weighted by molar-refractivity contribution is 6.36. The Labute approximate surface area is 362 Å². The molecule has 292 valence electrons. The van der Waals surface area contributed by atoms with E-state index in [0.29, 0.717) is 0 Å². The molecule has 0 atom stereocenters. The molecule has 11 aromatic carbocycles. The fraction of sp³-hybridized carbons (Fsp3) is 0. The standard InChI is InChI=1S/C60H37N3/c1-2-15-41(16-3-1)61-54-24-12-9-19-46(54)52-36-39(28-35-56(52)61)40-27-33-47-45-18-8-11-23-53(45)62(57(47)37-40)42-29-31-43(32-30-42)63-55-25-13-10-22-50(55)59-51-34-26-38-14-4-5-17-44(38)58(51)48-20-6-7-21-49(48)60(59)63/h1-37H. The molecular weight excluding hydrogens is 763 g/mol. The van der Waals surface area contributed by atoms with Crippen LogP contribution in [0.1, 0.15) is 0 Å². The zero-order chi connectivity index (χ0) is 41.2. The highest BCUT2D eigenvalue weighted by Gasteiger charge is 2.21. The summed E-state index contributed by atoms with van der Waals surface area (Å²) in [7, 11) is 0. The maximum atomic E-state index is 2.49. The van der Waals surface area contributed by atoms with Crippen molar-refractivity contribution in [1.82, 2.24) is 13.7 Å². The number of fused-ring (bicyclic) bond motifs is 16. The average molecular weight is 800 g/mol. The summed E-state index contributed by atoms with van der Waals surface area (Å²) in [5.41, 5.74) is 13.1. The lowest BCUT2D eigenvalue weighted by atomic mass is 9.93. The van der Waals surface area contributed by atoms with E-state index in [9.17, 15) is 0 Å². The molecule has 3 heteroatoms. The van der Waals surface area contributed by atoms with Crippen molar-refractivity contribution in [2.45, 2.75) is 0 Å². The molecule has 14 aromatic rings. The Balaban J connectivity index is 0.958. The van der Waals surface area contributed by atoms with Gasteiger partial charge in [-0.25, -0.2) is 0 Å². The molecule has 0 bridgehead atoms. The number of hydrogen-bond donors (Lipinski definition) is 0. The van der Waals surface area contributed by atoms with Gasteiger partial charge in [-0.3, -0.25) is 0 Å². The molecule has 0 aliphatic rings. The third kappa shape index (κ3) is 4.85. The van der Waals surface area contributed by atoms with E-state index in [1.807, 2.05) is 0 Å². The van der Waals surface area contributed by atoms with Gasteiger partial charge in [-0.2, -0.15) is 0 Å². The van der Waals surface area contributed by atoms with Crippen molar-refractivity contribution >= 4 is 97.7 Å². The molecule has 0 amide bonds. The van der Waals surface area contributed by atoms with Crippen LogP contribution >= 0.6 is 0 Å². The van der Waals surface area contributed by atoms with Crippen molar-refractivity contribution in [1.29, 1.82) is 0 Å². The van der Waals surface area contributed by atoms with Crippen molar-refractivity contribution in [2.24, 2.45) is 0 Å². The van der Waals surface area contributed by atoms with Crippen molar-refractivity contribution in [3.8, 4) is 28.2 Å². The van der Waals surface area contributed by atoms with Gasteiger partial charge in [0.05, 0.1) is 33.1 Å². The molecule has 0 fully saturated rings. The van der Waals surface area contributed by atoms with Crippen molar-refractivity contribution in [3.05, 3.63) is 224 Å². The third-order valence-electron chi connectivity index (χ3n) is 13.6. The number of rotatable bonds is 4. The molecule has 0 radical (unpaired) electrons. The second-order valence-electron chi connectivity index (χ2n) is 16.9. The van der Waals surface area contributed by atoms with E-state index in [1.165, 1.54) is 115 Å². The first-order chi connectivity index (χ1) is 31.3. The Morgan fingerprint density at radius 2 is 0.698 bits per heavy atom. The third-order valence-corrected chi connectivity index (χ3v) is 13.6. The van der Waals surface area contributed by atoms with Gasteiger partial charge in [0.1, 0.15) is 0 Å². The van der Waals surface area contributed by atoms with Crippen LogP contribution in [0.5, 0.6) is 0 Å². The summed E-state index contributed by atoms with van der Waals surface area (Å²) in [5.74, 6) is 0. The largest absolute Gasteiger partial charge is 0.309 e. The number of benzene rings is 11. The van der Waals surface area contributed by atoms with Crippen LogP contribution < -0.4 is 0 Å². The van der Waals surface area contributed by atoms with Gasteiger partial charge in [-0.05, 0) is 111 Å². The minimum absolute atomic E-state index is 1.13. The average Bonchev–Trinajstić information content (AvgIpc) is 4.00. The first-order valence-electron chi connectivity index (χ1n) is 21.8. The summed E-state index contributed by atoms with van der Waals surface area (Å²) in [6.45, 7) is 0. The maximum Gasteiger partial charge on any atom is 0.0625 e. The van der Waals surface area contributed by atoms with Crippen molar-refractivity contribution in [3.63, 3.8) is 0 Å². The topological polar surface area (TPSA) is 14.8 Å². The molecule has 0 unspecified atom stereocenters. The maximum absolute atomic E-state index is 2.49. The Bertz CT molecular complexity index is 4180. The van der Waals surface area contributed by atoms with Gasteiger partial charge < -0.3 is 13.7 Å². The molecule has 0 spiro atoms. The van der Waals surface area contributed by atoms with Crippen molar-refractivity contribution < 1.29 is 0 Å². The van der Waals surface area contributed by atoms with E-state index in [4.69, 9.17) is 0 Å². The van der Waals surface area contributed by atoms with Crippen LogP contribution in [0.25, 0.3) is 126 Å². The molecule has 63 heavy (non-hydrogen) atoms. The fourth-order valence-corrected chi connectivity index (χ4v) is 10.9. The van der Waals surface area contributed by atoms with Gasteiger partial charge >= 0.3 is 0 Å². The monoisotopic (exact) mass is 799 g/mol. The van der Waals surface area contributed by atoms with Crippen LogP contribution in [-0.4, -0.2) is 13.7 Å². The molecule has 3 heterocycles. The molecule has 0 N–H and O–H groups in total. The molecular formula is C60H37N3. The Morgan fingerprint density at radius 3 is 1.44 bits per heavy atom. The van der Waals surface area contributed by atoms with Gasteiger partial charge in [-0.1, -0.05) is 152 Å². The lowest BCUT2D eigenvalue weighted by Gasteiger charge is -2.15. The molecule has 0 saturated carbocycles. The van der Waals surface area contributed by atoms with Crippen LogP contribution in [0.15, 0.2) is 224 Å². The van der Waals surface area contributed by atoms with Gasteiger partial charge in [0.2, 0.25) is 0 Å². The SMILES string of the molecule is c1ccc(-n2c3ccccc3c3cc(-c4ccc5c6ccccc6n(-c6ccc(-n7c8ccccc8c8c9ccc%10ccccc%10c9c9ccccc9c87)cc6)c5c4)ccc32)cc1. The first kappa shape index (κ1) is 34.3.